The molecule has 0 saturated carbocycles. The molecular weight excluding hydrogens is 368 g/mol. The monoisotopic (exact) mass is 384 g/mol. The van der Waals surface area contributed by atoms with Crippen LogP contribution in [0.4, 0.5) is 0 Å². The first kappa shape index (κ1) is 16.9. The second kappa shape index (κ2) is 7.76. The summed E-state index contributed by atoms with van der Waals surface area (Å²) >= 11 is 3.21. The lowest BCUT2D eigenvalue weighted by Gasteiger charge is -2.09. The summed E-state index contributed by atoms with van der Waals surface area (Å²) in [5.41, 5.74) is 3.82. The summed E-state index contributed by atoms with van der Waals surface area (Å²) in [5, 5.41) is 11.7. The van der Waals surface area contributed by atoms with Crippen molar-refractivity contribution >= 4 is 23.1 Å². The number of thioether (sulfide) groups is 1. The van der Waals surface area contributed by atoms with Gasteiger partial charge < -0.3 is 9.15 Å². The van der Waals surface area contributed by atoms with E-state index >= 15 is 0 Å². The molecule has 0 aliphatic rings. The molecule has 4 aromatic rings. The topological polar surface area (TPSA) is 66.0 Å². The summed E-state index contributed by atoms with van der Waals surface area (Å²) in [4.78, 5) is 4.33. The van der Waals surface area contributed by atoms with Crippen LogP contribution in [0.3, 0.4) is 0 Å². The number of hydrogen-bond donors (Lipinski definition) is 0. The quantitative estimate of drug-likeness (QED) is 0.442. The van der Waals surface area contributed by atoms with Crippen LogP contribution >= 0.6 is 23.1 Å². The zero-order chi connectivity index (χ0) is 17.8. The van der Waals surface area contributed by atoms with E-state index in [4.69, 9.17) is 9.15 Å². The van der Waals surface area contributed by atoms with Gasteiger partial charge in [-0.15, -0.1) is 21.5 Å². The minimum atomic E-state index is 0.561. The number of nitrogens with zero attached hydrogens (tertiary/aromatic N) is 4. The number of furan rings is 1. The molecule has 8 heteroatoms. The van der Waals surface area contributed by atoms with E-state index in [2.05, 4.69) is 19.7 Å². The van der Waals surface area contributed by atoms with Crippen molar-refractivity contribution in [3.8, 4) is 17.1 Å². The zero-order valence-corrected chi connectivity index (χ0v) is 15.7. The first-order valence-electron chi connectivity index (χ1n) is 7.93. The largest absolute Gasteiger partial charge is 0.497 e. The third kappa shape index (κ3) is 3.66. The second-order valence-corrected chi connectivity index (χ2v) is 7.13. The van der Waals surface area contributed by atoms with Crippen molar-refractivity contribution in [3.63, 3.8) is 0 Å². The van der Waals surface area contributed by atoms with E-state index in [0.29, 0.717) is 6.54 Å². The second-order valence-electron chi connectivity index (χ2n) is 5.47. The van der Waals surface area contributed by atoms with Crippen LogP contribution in [-0.2, 0) is 12.3 Å². The smallest absolute Gasteiger partial charge is 0.192 e. The van der Waals surface area contributed by atoms with Gasteiger partial charge in [0.05, 0.1) is 31.1 Å². The molecule has 0 radical (unpaired) electrons. The van der Waals surface area contributed by atoms with Crippen LogP contribution < -0.4 is 4.74 Å². The summed E-state index contributed by atoms with van der Waals surface area (Å²) in [6, 6.07) is 11.6. The summed E-state index contributed by atoms with van der Waals surface area (Å²) in [5.74, 6) is 3.16. The Morgan fingerprint density at radius 3 is 2.96 bits per heavy atom. The van der Waals surface area contributed by atoms with Crippen molar-refractivity contribution in [3.05, 3.63) is 65.0 Å². The Balaban J connectivity index is 1.68. The first-order valence-corrected chi connectivity index (χ1v) is 9.86. The highest BCUT2D eigenvalue weighted by atomic mass is 32.2. The number of methoxy groups -OCH3 is 1. The van der Waals surface area contributed by atoms with Crippen molar-refractivity contribution < 1.29 is 9.15 Å². The molecule has 0 bridgehead atoms. The lowest BCUT2D eigenvalue weighted by molar-refractivity contribution is 0.415. The Kier molecular flexibility index (Phi) is 5.03. The molecule has 0 atom stereocenters. The minimum absolute atomic E-state index is 0.561. The molecule has 0 amide bonds. The predicted molar refractivity (Wildman–Crippen MR) is 101 cm³/mol. The standard InChI is InChI=1S/C18H16N4O2S2/c1-23-15-5-2-4-13(8-15)17-20-21-18(26-11-14-10-25-12-19-14)22(17)9-16-6-3-7-24-16/h2-8,10,12H,9,11H2,1H3. The van der Waals surface area contributed by atoms with Gasteiger partial charge in [0.15, 0.2) is 11.0 Å². The van der Waals surface area contributed by atoms with E-state index in [0.717, 1.165) is 39.5 Å². The molecule has 3 aromatic heterocycles. The molecular formula is C18H16N4O2S2. The third-order valence-electron chi connectivity index (χ3n) is 3.77. The van der Waals surface area contributed by atoms with Gasteiger partial charge in [0.25, 0.3) is 0 Å². The average Bonchev–Trinajstić information content (AvgIpc) is 3.43. The van der Waals surface area contributed by atoms with Gasteiger partial charge in [-0.3, -0.25) is 4.57 Å². The fraction of sp³-hybridized carbons (Fsp3) is 0.167. The Hall–Kier alpha value is -2.58. The molecule has 3 heterocycles. The first-order chi connectivity index (χ1) is 12.8. The summed E-state index contributed by atoms with van der Waals surface area (Å²) in [7, 11) is 1.65. The number of benzene rings is 1. The van der Waals surface area contributed by atoms with Crippen LogP contribution in [0, 0.1) is 0 Å². The summed E-state index contributed by atoms with van der Waals surface area (Å²) in [6.07, 6.45) is 1.67. The normalized spacial score (nSPS) is 11.0. The van der Waals surface area contributed by atoms with E-state index < -0.39 is 0 Å². The molecule has 0 aliphatic heterocycles. The number of thiazole rings is 1. The maximum Gasteiger partial charge on any atom is 0.192 e. The molecule has 0 saturated heterocycles. The van der Waals surface area contributed by atoms with Crippen LogP contribution in [-0.4, -0.2) is 26.9 Å². The van der Waals surface area contributed by atoms with Crippen LogP contribution in [0.25, 0.3) is 11.4 Å². The fourth-order valence-corrected chi connectivity index (χ4v) is 4.02. The zero-order valence-electron chi connectivity index (χ0n) is 14.0. The number of aromatic nitrogens is 4. The third-order valence-corrected chi connectivity index (χ3v) is 5.41. The molecule has 4 rings (SSSR count). The Morgan fingerprint density at radius 2 is 2.19 bits per heavy atom. The van der Waals surface area contributed by atoms with Crippen molar-refractivity contribution in [2.24, 2.45) is 0 Å². The maximum atomic E-state index is 5.53. The molecule has 0 aliphatic carbocycles. The highest BCUT2D eigenvalue weighted by molar-refractivity contribution is 7.98. The van der Waals surface area contributed by atoms with Gasteiger partial charge in [0.2, 0.25) is 0 Å². The molecule has 0 unspecified atom stereocenters. The van der Waals surface area contributed by atoms with Gasteiger partial charge in [0, 0.05) is 16.7 Å². The Labute approximate surface area is 158 Å². The van der Waals surface area contributed by atoms with Crippen molar-refractivity contribution in [1.82, 2.24) is 19.7 Å². The summed E-state index contributed by atoms with van der Waals surface area (Å²) in [6.45, 7) is 0.561. The van der Waals surface area contributed by atoms with E-state index in [1.807, 2.05) is 47.3 Å². The highest BCUT2D eigenvalue weighted by Gasteiger charge is 2.16. The average molecular weight is 384 g/mol. The van der Waals surface area contributed by atoms with E-state index in [1.54, 1.807) is 36.5 Å². The van der Waals surface area contributed by atoms with E-state index in [-0.39, 0.29) is 0 Å². The fourth-order valence-electron chi connectivity index (χ4n) is 2.52. The van der Waals surface area contributed by atoms with Gasteiger partial charge in [-0.05, 0) is 24.3 Å². The minimum Gasteiger partial charge on any atom is -0.497 e. The summed E-state index contributed by atoms with van der Waals surface area (Å²) < 4.78 is 12.9. The highest BCUT2D eigenvalue weighted by Crippen LogP contribution is 2.29. The number of rotatable bonds is 7. The molecule has 0 N–H and O–H groups in total. The SMILES string of the molecule is COc1cccc(-c2nnc(SCc3cscn3)n2Cc2ccco2)c1. The number of hydrogen-bond acceptors (Lipinski definition) is 7. The van der Waals surface area contributed by atoms with Crippen LogP contribution in [0.15, 0.2) is 63.1 Å². The van der Waals surface area contributed by atoms with Crippen molar-refractivity contribution in [2.45, 2.75) is 17.5 Å². The van der Waals surface area contributed by atoms with Crippen LogP contribution in [0.1, 0.15) is 11.5 Å². The molecule has 0 fully saturated rings. The molecule has 0 spiro atoms. The maximum absolute atomic E-state index is 5.53. The van der Waals surface area contributed by atoms with Gasteiger partial charge in [-0.1, -0.05) is 23.9 Å². The van der Waals surface area contributed by atoms with Gasteiger partial charge in [0.1, 0.15) is 11.5 Å². The predicted octanol–water partition coefficient (Wildman–Crippen LogP) is 4.34. The molecule has 132 valence electrons. The van der Waals surface area contributed by atoms with Crippen LogP contribution in [0.5, 0.6) is 5.75 Å². The van der Waals surface area contributed by atoms with E-state index in [9.17, 15) is 0 Å². The lowest BCUT2D eigenvalue weighted by Crippen LogP contribution is -2.03. The van der Waals surface area contributed by atoms with Crippen molar-refractivity contribution in [1.29, 1.82) is 0 Å². The van der Waals surface area contributed by atoms with Gasteiger partial charge in [-0.2, -0.15) is 0 Å². The molecule has 1 aromatic carbocycles. The van der Waals surface area contributed by atoms with Crippen molar-refractivity contribution in [2.75, 3.05) is 7.11 Å². The molecule has 26 heavy (non-hydrogen) atoms. The van der Waals surface area contributed by atoms with Gasteiger partial charge >= 0.3 is 0 Å². The number of ether oxygens (including phenoxy) is 1. The van der Waals surface area contributed by atoms with Gasteiger partial charge in [-0.25, -0.2) is 4.98 Å². The lowest BCUT2D eigenvalue weighted by atomic mass is 10.2. The molecule has 6 nitrogen and oxygen atoms in total. The Morgan fingerprint density at radius 1 is 1.23 bits per heavy atom. The Bertz CT molecular complexity index is 965. The van der Waals surface area contributed by atoms with Crippen LogP contribution in [0.2, 0.25) is 0 Å². The van der Waals surface area contributed by atoms with E-state index in [1.165, 1.54) is 0 Å².